The summed E-state index contributed by atoms with van der Waals surface area (Å²) in [5.74, 6) is 1.06. The van der Waals surface area contributed by atoms with E-state index < -0.39 is 0 Å². The maximum absolute atomic E-state index is 11.4. The topological polar surface area (TPSA) is 29.1 Å². The maximum Gasteiger partial charge on any atom is 0.223 e. The zero-order valence-electron chi connectivity index (χ0n) is 8.51. The van der Waals surface area contributed by atoms with Crippen LogP contribution < -0.4 is 5.32 Å². The number of nitrogens with one attached hydrogen (secondary N) is 1. The van der Waals surface area contributed by atoms with Crippen LogP contribution in [0.1, 0.15) is 20.8 Å². The normalized spacial score (nSPS) is 13.6. The minimum Gasteiger partial charge on any atom is -0.352 e. The van der Waals surface area contributed by atoms with Crippen molar-refractivity contribution in [1.29, 1.82) is 0 Å². The molecular formula is C10H18ClNO. The van der Waals surface area contributed by atoms with Gasteiger partial charge in [-0.15, -0.1) is 11.6 Å². The van der Waals surface area contributed by atoms with Crippen LogP contribution in [0.4, 0.5) is 0 Å². The SMILES string of the molecule is CC(C)C(C)C(=O)NC/C=C/CCl. The molecule has 0 saturated heterocycles. The van der Waals surface area contributed by atoms with Crippen molar-refractivity contribution >= 4 is 17.5 Å². The van der Waals surface area contributed by atoms with Gasteiger partial charge in [0.2, 0.25) is 5.91 Å². The Morgan fingerprint density at radius 3 is 2.46 bits per heavy atom. The van der Waals surface area contributed by atoms with Gasteiger partial charge in [0.25, 0.3) is 0 Å². The molecule has 0 aromatic carbocycles. The molecule has 13 heavy (non-hydrogen) atoms. The van der Waals surface area contributed by atoms with Gasteiger partial charge in [-0.25, -0.2) is 0 Å². The first kappa shape index (κ1) is 12.5. The Balaban J connectivity index is 3.68. The molecule has 0 bridgehead atoms. The number of alkyl halides is 1. The van der Waals surface area contributed by atoms with Crippen molar-refractivity contribution in [3.05, 3.63) is 12.2 Å². The van der Waals surface area contributed by atoms with Crippen molar-refractivity contribution in [1.82, 2.24) is 5.32 Å². The highest BCUT2D eigenvalue weighted by molar-refractivity contribution is 6.18. The molecule has 0 aliphatic heterocycles. The molecule has 0 aliphatic carbocycles. The number of hydrogen-bond acceptors (Lipinski definition) is 1. The average molecular weight is 204 g/mol. The number of halogens is 1. The highest BCUT2D eigenvalue weighted by Crippen LogP contribution is 2.08. The van der Waals surface area contributed by atoms with Crippen molar-refractivity contribution in [3.8, 4) is 0 Å². The monoisotopic (exact) mass is 203 g/mol. The van der Waals surface area contributed by atoms with Crippen LogP contribution in [0.5, 0.6) is 0 Å². The van der Waals surface area contributed by atoms with Crippen LogP contribution in [-0.4, -0.2) is 18.3 Å². The van der Waals surface area contributed by atoms with Gasteiger partial charge >= 0.3 is 0 Å². The third-order valence-corrected chi connectivity index (χ3v) is 2.24. The van der Waals surface area contributed by atoms with E-state index in [1.54, 1.807) is 0 Å². The van der Waals surface area contributed by atoms with Gasteiger partial charge < -0.3 is 5.32 Å². The van der Waals surface area contributed by atoms with Crippen LogP contribution in [0.15, 0.2) is 12.2 Å². The summed E-state index contributed by atoms with van der Waals surface area (Å²) in [7, 11) is 0. The summed E-state index contributed by atoms with van der Waals surface area (Å²) in [6.45, 7) is 6.59. The maximum atomic E-state index is 11.4. The molecule has 1 atom stereocenters. The second-order valence-electron chi connectivity index (χ2n) is 3.40. The molecule has 0 spiro atoms. The van der Waals surface area contributed by atoms with Gasteiger partial charge in [0, 0.05) is 18.3 Å². The third kappa shape index (κ3) is 5.69. The molecule has 1 N–H and O–H groups in total. The molecule has 0 fully saturated rings. The Labute approximate surface area is 85.3 Å². The second-order valence-corrected chi connectivity index (χ2v) is 3.71. The fourth-order valence-electron chi connectivity index (χ4n) is 0.770. The first-order chi connectivity index (χ1) is 6.09. The summed E-state index contributed by atoms with van der Waals surface area (Å²) < 4.78 is 0. The zero-order valence-corrected chi connectivity index (χ0v) is 9.27. The minimum absolute atomic E-state index is 0.0735. The van der Waals surface area contributed by atoms with E-state index in [-0.39, 0.29) is 11.8 Å². The van der Waals surface area contributed by atoms with Crippen molar-refractivity contribution < 1.29 is 4.79 Å². The molecule has 3 heteroatoms. The van der Waals surface area contributed by atoms with Gasteiger partial charge in [0.05, 0.1) is 0 Å². The number of amides is 1. The third-order valence-electron chi connectivity index (χ3n) is 2.06. The lowest BCUT2D eigenvalue weighted by Gasteiger charge is -2.14. The largest absolute Gasteiger partial charge is 0.352 e. The summed E-state index contributed by atoms with van der Waals surface area (Å²) in [5.41, 5.74) is 0. The lowest BCUT2D eigenvalue weighted by Crippen LogP contribution is -2.31. The van der Waals surface area contributed by atoms with E-state index >= 15 is 0 Å². The predicted octanol–water partition coefficient (Wildman–Crippen LogP) is 2.19. The number of rotatable bonds is 5. The summed E-state index contributed by atoms with van der Waals surface area (Å²) in [6.07, 6.45) is 3.68. The van der Waals surface area contributed by atoms with Gasteiger partial charge in [0.15, 0.2) is 0 Å². The summed E-state index contributed by atoms with van der Waals surface area (Å²) in [6, 6.07) is 0. The van der Waals surface area contributed by atoms with E-state index in [1.807, 2.05) is 32.9 Å². The molecule has 0 aliphatic rings. The summed E-state index contributed by atoms with van der Waals surface area (Å²) >= 11 is 5.43. The first-order valence-electron chi connectivity index (χ1n) is 4.58. The summed E-state index contributed by atoms with van der Waals surface area (Å²) in [4.78, 5) is 11.4. The molecule has 0 aromatic rings. The van der Waals surface area contributed by atoms with E-state index in [0.29, 0.717) is 18.3 Å². The summed E-state index contributed by atoms with van der Waals surface area (Å²) in [5, 5.41) is 2.81. The molecule has 0 rings (SSSR count). The molecule has 1 amide bonds. The van der Waals surface area contributed by atoms with Crippen molar-refractivity contribution in [2.45, 2.75) is 20.8 Å². The van der Waals surface area contributed by atoms with E-state index in [0.717, 1.165) is 0 Å². The van der Waals surface area contributed by atoms with Crippen LogP contribution in [0.25, 0.3) is 0 Å². The number of hydrogen-bond donors (Lipinski definition) is 1. The van der Waals surface area contributed by atoms with Gasteiger partial charge in [-0.3, -0.25) is 4.79 Å². The predicted molar refractivity (Wildman–Crippen MR) is 56.9 cm³/mol. The van der Waals surface area contributed by atoms with E-state index in [4.69, 9.17) is 11.6 Å². The van der Waals surface area contributed by atoms with Crippen LogP contribution >= 0.6 is 11.6 Å². The van der Waals surface area contributed by atoms with Crippen LogP contribution in [0, 0.1) is 11.8 Å². The fourth-order valence-corrected chi connectivity index (χ4v) is 0.896. The molecule has 0 radical (unpaired) electrons. The van der Waals surface area contributed by atoms with Crippen LogP contribution in [0.2, 0.25) is 0 Å². The first-order valence-corrected chi connectivity index (χ1v) is 5.11. The van der Waals surface area contributed by atoms with Gasteiger partial charge in [-0.05, 0) is 5.92 Å². The lowest BCUT2D eigenvalue weighted by molar-refractivity contribution is -0.125. The molecule has 0 aromatic heterocycles. The van der Waals surface area contributed by atoms with Gasteiger partial charge in [0.1, 0.15) is 0 Å². The minimum atomic E-state index is 0.0735. The lowest BCUT2D eigenvalue weighted by atomic mass is 9.97. The van der Waals surface area contributed by atoms with Gasteiger partial charge in [-0.1, -0.05) is 32.9 Å². The van der Waals surface area contributed by atoms with Gasteiger partial charge in [-0.2, -0.15) is 0 Å². The molecule has 0 heterocycles. The molecule has 76 valence electrons. The number of carbonyl (C=O) groups excluding carboxylic acids is 1. The zero-order chi connectivity index (χ0) is 10.3. The van der Waals surface area contributed by atoms with E-state index in [2.05, 4.69) is 5.32 Å². The number of carbonyl (C=O) groups is 1. The molecular weight excluding hydrogens is 186 g/mol. The molecule has 1 unspecified atom stereocenters. The molecule has 2 nitrogen and oxygen atoms in total. The van der Waals surface area contributed by atoms with Crippen molar-refractivity contribution in [3.63, 3.8) is 0 Å². The Bertz CT molecular complexity index is 178. The standard InChI is InChI=1S/C10H18ClNO/c1-8(2)9(3)10(13)12-7-5-4-6-11/h4-5,8-9H,6-7H2,1-3H3,(H,12,13)/b5-4+. The van der Waals surface area contributed by atoms with Crippen LogP contribution in [-0.2, 0) is 4.79 Å². The highest BCUT2D eigenvalue weighted by atomic mass is 35.5. The Morgan fingerprint density at radius 2 is 2.00 bits per heavy atom. The van der Waals surface area contributed by atoms with Crippen molar-refractivity contribution in [2.24, 2.45) is 11.8 Å². The quantitative estimate of drug-likeness (QED) is 0.539. The van der Waals surface area contributed by atoms with Crippen LogP contribution in [0.3, 0.4) is 0 Å². The Kier molecular flexibility index (Phi) is 6.69. The van der Waals surface area contributed by atoms with E-state index in [9.17, 15) is 4.79 Å². The fraction of sp³-hybridized carbons (Fsp3) is 0.700. The smallest absolute Gasteiger partial charge is 0.223 e. The van der Waals surface area contributed by atoms with E-state index in [1.165, 1.54) is 0 Å². The molecule has 0 saturated carbocycles. The second kappa shape index (κ2) is 6.96. The highest BCUT2D eigenvalue weighted by Gasteiger charge is 2.14. The number of allylic oxidation sites excluding steroid dienone is 1. The Morgan fingerprint density at radius 1 is 1.38 bits per heavy atom. The average Bonchev–Trinajstić information content (AvgIpc) is 2.10. The van der Waals surface area contributed by atoms with Crippen molar-refractivity contribution in [2.75, 3.05) is 12.4 Å². The Hall–Kier alpha value is -0.500.